The topological polar surface area (TPSA) is 12.0 Å². The summed E-state index contributed by atoms with van der Waals surface area (Å²) in [4.78, 5) is 0. The van der Waals surface area contributed by atoms with Crippen LogP contribution in [0.1, 0.15) is 60.3 Å². The molecule has 0 radical (unpaired) electrons. The second-order valence-electron chi connectivity index (χ2n) is 6.49. The minimum absolute atomic E-state index is 0.681. The third-order valence-corrected chi connectivity index (χ3v) is 5.35. The Bertz CT molecular complexity index is 217. The van der Waals surface area contributed by atoms with Crippen LogP contribution in [0.5, 0.6) is 0 Å². The molecule has 1 aliphatic rings. The lowest BCUT2D eigenvalue weighted by molar-refractivity contribution is 0.160. The summed E-state index contributed by atoms with van der Waals surface area (Å²) in [6.45, 7) is 11.8. The van der Waals surface area contributed by atoms with E-state index in [1.807, 2.05) is 0 Å². The van der Waals surface area contributed by atoms with Crippen molar-refractivity contribution in [3.8, 4) is 0 Å². The maximum absolute atomic E-state index is 3.93. The molecule has 1 N–H and O–H groups in total. The molecule has 0 aliphatic heterocycles. The van der Waals surface area contributed by atoms with Crippen molar-refractivity contribution in [1.29, 1.82) is 0 Å². The Kier molecular flexibility index (Phi) is 7.70. The number of hydrogen-bond acceptors (Lipinski definition) is 2. The number of thioether (sulfide) groups is 1. The molecule has 0 bridgehead atoms. The molecule has 0 heterocycles. The molecule has 18 heavy (non-hydrogen) atoms. The van der Waals surface area contributed by atoms with Gasteiger partial charge >= 0.3 is 0 Å². The minimum atomic E-state index is 0.681. The predicted octanol–water partition coefficient (Wildman–Crippen LogP) is 4.57. The van der Waals surface area contributed by atoms with Gasteiger partial charge in [-0.1, -0.05) is 34.1 Å². The van der Waals surface area contributed by atoms with Crippen molar-refractivity contribution >= 4 is 11.8 Å². The minimum Gasteiger partial charge on any atom is -0.311 e. The van der Waals surface area contributed by atoms with Crippen LogP contribution in [0.2, 0.25) is 0 Å². The van der Waals surface area contributed by atoms with Crippen LogP contribution in [0.3, 0.4) is 0 Å². The molecule has 4 atom stereocenters. The van der Waals surface area contributed by atoms with Crippen molar-refractivity contribution < 1.29 is 0 Å². The third kappa shape index (κ3) is 5.52. The van der Waals surface area contributed by atoms with Crippen molar-refractivity contribution in [3.05, 3.63) is 0 Å². The van der Waals surface area contributed by atoms with E-state index >= 15 is 0 Å². The second-order valence-corrected chi connectivity index (χ2v) is 7.88. The number of nitrogens with one attached hydrogen (secondary N) is 1. The summed E-state index contributed by atoms with van der Waals surface area (Å²) < 4.78 is 0. The van der Waals surface area contributed by atoms with Gasteiger partial charge in [-0.2, -0.15) is 11.8 Å². The van der Waals surface area contributed by atoms with Crippen molar-refractivity contribution in [2.45, 2.75) is 72.4 Å². The van der Waals surface area contributed by atoms with Crippen molar-refractivity contribution in [2.24, 2.45) is 17.8 Å². The molecule has 0 aromatic carbocycles. The summed E-state index contributed by atoms with van der Waals surface area (Å²) in [5.41, 5.74) is 0. The fourth-order valence-corrected chi connectivity index (χ4v) is 4.06. The van der Waals surface area contributed by atoms with Crippen molar-refractivity contribution in [2.75, 3.05) is 11.5 Å². The van der Waals surface area contributed by atoms with Gasteiger partial charge in [0, 0.05) is 12.1 Å². The monoisotopic (exact) mass is 271 g/mol. The van der Waals surface area contributed by atoms with E-state index < -0.39 is 0 Å². The summed E-state index contributed by atoms with van der Waals surface area (Å²) in [6.07, 6.45) is 5.55. The highest BCUT2D eigenvalue weighted by Gasteiger charge is 2.30. The van der Waals surface area contributed by atoms with Gasteiger partial charge in [-0.25, -0.2) is 0 Å². The highest BCUT2D eigenvalue weighted by Crippen LogP contribution is 2.33. The molecular formula is C16H33NS. The van der Waals surface area contributed by atoms with E-state index in [1.165, 1.54) is 37.2 Å². The van der Waals surface area contributed by atoms with Crippen LogP contribution in [0.15, 0.2) is 0 Å². The lowest BCUT2D eigenvalue weighted by Crippen LogP contribution is -2.46. The summed E-state index contributed by atoms with van der Waals surface area (Å²) in [6, 6.07) is 1.44. The maximum atomic E-state index is 3.93. The maximum Gasteiger partial charge on any atom is 0.0103 e. The Balaban J connectivity index is 2.39. The molecule has 0 saturated heterocycles. The van der Waals surface area contributed by atoms with Gasteiger partial charge in [-0.05, 0) is 55.4 Å². The zero-order valence-corrected chi connectivity index (χ0v) is 13.9. The molecular weight excluding hydrogens is 238 g/mol. The highest BCUT2D eigenvalue weighted by atomic mass is 32.2. The summed E-state index contributed by atoms with van der Waals surface area (Å²) in [7, 11) is 0. The fourth-order valence-electron chi connectivity index (χ4n) is 3.25. The second kappa shape index (κ2) is 8.47. The first-order valence-electron chi connectivity index (χ1n) is 7.88. The molecule has 0 aromatic heterocycles. The normalized spacial score (nSPS) is 30.7. The van der Waals surface area contributed by atoms with Gasteiger partial charge in [0.2, 0.25) is 0 Å². The highest BCUT2D eigenvalue weighted by molar-refractivity contribution is 7.99. The Morgan fingerprint density at radius 1 is 1.22 bits per heavy atom. The molecule has 108 valence electrons. The molecule has 0 amide bonds. The molecule has 1 nitrogen and oxygen atoms in total. The molecule has 1 saturated carbocycles. The average Bonchev–Trinajstić information content (AvgIpc) is 2.29. The molecule has 1 aliphatic carbocycles. The summed E-state index contributed by atoms with van der Waals surface area (Å²) in [5.74, 6) is 5.19. The first-order chi connectivity index (χ1) is 8.54. The van der Waals surface area contributed by atoms with E-state index in [2.05, 4.69) is 51.7 Å². The van der Waals surface area contributed by atoms with Crippen LogP contribution in [-0.4, -0.2) is 23.6 Å². The van der Waals surface area contributed by atoms with Gasteiger partial charge in [-0.3, -0.25) is 0 Å². The van der Waals surface area contributed by atoms with Crippen LogP contribution >= 0.6 is 11.8 Å². The van der Waals surface area contributed by atoms with Gasteiger partial charge in [-0.15, -0.1) is 0 Å². The first-order valence-corrected chi connectivity index (χ1v) is 9.03. The SMILES string of the molecule is CCSCCC(C)NC1CC(C)CCC1C(C)C. The number of hydrogen-bond donors (Lipinski definition) is 1. The molecule has 0 aromatic rings. The smallest absolute Gasteiger partial charge is 0.0103 e. The number of rotatable bonds is 7. The van der Waals surface area contributed by atoms with E-state index in [-0.39, 0.29) is 0 Å². The summed E-state index contributed by atoms with van der Waals surface area (Å²) >= 11 is 2.07. The van der Waals surface area contributed by atoms with Gasteiger partial charge in [0.25, 0.3) is 0 Å². The van der Waals surface area contributed by atoms with E-state index in [9.17, 15) is 0 Å². The van der Waals surface area contributed by atoms with Crippen LogP contribution in [0, 0.1) is 17.8 Å². The summed E-state index contributed by atoms with van der Waals surface area (Å²) in [5, 5.41) is 3.93. The Morgan fingerprint density at radius 2 is 1.94 bits per heavy atom. The van der Waals surface area contributed by atoms with Crippen LogP contribution in [0.4, 0.5) is 0 Å². The average molecular weight is 272 g/mol. The van der Waals surface area contributed by atoms with Gasteiger partial charge in [0.05, 0.1) is 0 Å². The van der Waals surface area contributed by atoms with Gasteiger partial charge in [0.1, 0.15) is 0 Å². The van der Waals surface area contributed by atoms with Crippen LogP contribution in [0.25, 0.3) is 0 Å². The fraction of sp³-hybridized carbons (Fsp3) is 1.00. The predicted molar refractivity (Wildman–Crippen MR) is 85.3 cm³/mol. The Morgan fingerprint density at radius 3 is 2.56 bits per heavy atom. The van der Waals surface area contributed by atoms with Crippen molar-refractivity contribution in [1.82, 2.24) is 5.32 Å². The van der Waals surface area contributed by atoms with Gasteiger partial charge in [0.15, 0.2) is 0 Å². The van der Waals surface area contributed by atoms with E-state index in [1.54, 1.807) is 0 Å². The van der Waals surface area contributed by atoms with Gasteiger partial charge < -0.3 is 5.32 Å². The molecule has 4 unspecified atom stereocenters. The standard InChI is InChI=1S/C16H33NS/c1-6-18-10-9-14(5)17-16-11-13(4)7-8-15(16)12(2)3/h12-17H,6-11H2,1-5H3. The van der Waals surface area contributed by atoms with Crippen molar-refractivity contribution in [3.63, 3.8) is 0 Å². The van der Waals surface area contributed by atoms with Crippen LogP contribution in [-0.2, 0) is 0 Å². The molecule has 1 rings (SSSR count). The molecule has 2 heteroatoms. The quantitative estimate of drug-likeness (QED) is 0.681. The van der Waals surface area contributed by atoms with E-state index in [4.69, 9.17) is 0 Å². The lowest BCUT2D eigenvalue weighted by Gasteiger charge is -2.39. The molecule has 0 spiro atoms. The zero-order valence-electron chi connectivity index (χ0n) is 13.0. The largest absolute Gasteiger partial charge is 0.311 e. The Hall–Kier alpha value is 0.310. The van der Waals surface area contributed by atoms with E-state index in [0.717, 1.165) is 23.8 Å². The first kappa shape index (κ1) is 16.4. The Labute approximate surface area is 119 Å². The van der Waals surface area contributed by atoms with Crippen LogP contribution < -0.4 is 5.32 Å². The lowest BCUT2D eigenvalue weighted by atomic mass is 9.74. The molecule has 1 fully saturated rings. The third-order valence-electron chi connectivity index (χ3n) is 4.42. The van der Waals surface area contributed by atoms with E-state index in [0.29, 0.717) is 6.04 Å². The zero-order chi connectivity index (χ0) is 13.5.